The van der Waals surface area contributed by atoms with Crippen LogP contribution in [0.3, 0.4) is 0 Å². The topological polar surface area (TPSA) is 13.1 Å². The highest BCUT2D eigenvalue weighted by atomic mass is 32.1. The number of fused-ring (bicyclic) bond motifs is 6. The second-order valence-electron chi connectivity index (χ2n) is 12.4. The predicted octanol–water partition coefficient (Wildman–Crippen LogP) is 13.8. The van der Waals surface area contributed by atoms with E-state index in [-0.39, 0.29) is 0 Å². The smallest absolute Gasteiger partial charge is 0.136 e. The number of hydrogen-bond acceptors (Lipinski definition) is 2. The van der Waals surface area contributed by atoms with E-state index >= 15 is 0 Å². The number of hydrogen-bond donors (Lipinski definition) is 0. The molecule has 2 heterocycles. The van der Waals surface area contributed by atoms with E-state index in [1.807, 2.05) is 11.3 Å². The van der Waals surface area contributed by atoms with Gasteiger partial charge in [-0.25, -0.2) is 0 Å². The van der Waals surface area contributed by atoms with Gasteiger partial charge in [-0.3, -0.25) is 0 Å². The van der Waals surface area contributed by atoms with Gasteiger partial charge in [-0.05, 0) is 73.1 Å². The monoisotopic (exact) mass is 628 g/mol. The summed E-state index contributed by atoms with van der Waals surface area (Å²) in [4.78, 5) is 1.28. The van der Waals surface area contributed by atoms with E-state index in [0.29, 0.717) is 0 Å². The van der Waals surface area contributed by atoms with Crippen molar-refractivity contribution in [2.24, 2.45) is 0 Å². The van der Waals surface area contributed by atoms with Crippen molar-refractivity contribution in [3.63, 3.8) is 0 Å². The average molecular weight is 629 g/mol. The largest absolute Gasteiger partial charge is 0.456 e. The summed E-state index contributed by atoms with van der Waals surface area (Å²) in [6.45, 7) is 0. The molecule has 0 saturated carbocycles. The Morgan fingerprint density at radius 3 is 1.48 bits per heavy atom. The van der Waals surface area contributed by atoms with E-state index in [9.17, 15) is 0 Å². The molecule has 10 rings (SSSR count). The summed E-state index contributed by atoms with van der Waals surface area (Å²) < 4.78 is 8.01. The lowest BCUT2D eigenvalue weighted by molar-refractivity contribution is 0.669. The predicted molar refractivity (Wildman–Crippen MR) is 206 cm³/mol. The first-order chi connectivity index (χ1) is 23.8. The van der Waals surface area contributed by atoms with Crippen LogP contribution in [0.2, 0.25) is 0 Å². The van der Waals surface area contributed by atoms with Crippen molar-refractivity contribution < 1.29 is 4.42 Å². The van der Waals surface area contributed by atoms with Crippen molar-refractivity contribution in [3.05, 3.63) is 170 Å². The minimum Gasteiger partial charge on any atom is -0.456 e. The Labute approximate surface area is 282 Å². The van der Waals surface area contributed by atoms with Crippen LogP contribution in [-0.2, 0) is 0 Å². The molecular weight excluding hydrogens is 601 g/mol. The van der Waals surface area contributed by atoms with Crippen LogP contribution < -0.4 is 0 Å². The van der Waals surface area contributed by atoms with Gasteiger partial charge < -0.3 is 4.42 Å². The molecule has 0 spiro atoms. The van der Waals surface area contributed by atoms with Crippen LogP contribution in [0, 0.1) is 0 Å². The SMILES string of the molecule is c1ccc(-c2sc3cc4c(cc3c2-c2ccccc2)oc2cccc(-c3c5ccccc5c(-c5ccccc5)c5ccccc35)c24)cc1. The highest BCUT2D eigenvalue weighted by molar-refractivity contribution is 7.23. The van der Waals surface area contributed by atoms with E-state index in [1.165, 1.54) is 75.5 Å². The molecule has 0 aliphatic carbocycles. The normalized spacial score (nSPS) is 11.8. The lowest BCUT2D eigenvalue weighted by Crippen LogP contribution is -1.91. The van der Waals surface area contributed by atoms with Crippen molar-refractivity contribution in [2.45, 2.75) is 0 Å². The Kier molecular flexibility index (Phi) is 6.12. The molecule has 0 amide bonds. The van der Waals surface area contributed by atoms with Gasteiger partial charge in [0.25, 0.3) is 0 Å². The highest BCUT2D eigenvalue weighted by Gasteiger charge is 2.22. The van der Waals surface area contributed by atoms with Crippen LogP contribution in [-0.4, -0.2) is 0 Å². The molecule has 0 aliphatic rings. The van der Waals surface area contributed by atoms with Crippen molar-refractivity contribution in [1.29, 1.82) is 0 Å². The van der Waals surface area contributed by atoms with Crippen LogP contribution in [0.15, 0.2) is 174 Å². The lowest BCUT2D eigenvalue weighted by atomic mass is 9.85. The lowest BCUT2D eigenvalue weighted by Gasteiger charge is -2.18. The molecule has 0 radical (unpaired) electrons. The Morgan fingerprint density at radius 1 is 0.354 bits per heavy atom. The van der Waals surface area contributed by atoms with Crippen molar-refractivity contribution >= 4 is 64.9 Å². The number of rotatable bonds is 4. The molecule has 2 aromatic heterocycles. The molecule has 0 fully saturated rings. The zero-order chi connectivity index (χ0) is 31.6. The van der Waals surface area contributed by atoms with Gasteiger partial charge in [0.15, 0.2) is 0 Å². The molecular formula is C46H28OS. The minimum absolute atomic E-state index is 0.907. The molecule has 0 unspecified atom stereocenters. The Hall–Kier alpha value is -5.96. The maximum absolute atomic E-state index is 6.75. The van der Waals surface area contributed by atoms with E-state index < -0.39 is 0 Å². The summed E-state index contributed by atoms with van der Waals surface area (Å²) in [5.74, 6) is 0. The molecule has 0 N–H and O–H groups in total. The number of thiophene rings is 1. The Morgan fingerprint density at radius 2 is 0.875 bits per heavy atom. The van der Waals surface area contributed by atoms with Gasteiger partial charge in [0.1, 0.15) is 11.2 Å². The summed E-state index contributed by atoms with van der Waals surface area (Å²) >= 11 is 1.86. The number of benzene rings is 8. The van der Waals surface area contributed by atoms with Gasteiger partial charge in [-0.15, -0.1) is 11.3 Å². The van der Waals surface area contributed by atoms with Gasteiger partial charge in [-0.1, -0.05) is 152 Å². The molecule has 1 nitrogen and oxygen atoms in total. The van der Waals surface area contributed by atoms with E-state index in [2.05, 4.69) is 170 Å². The van der Waals surface area contributed by atoms with Gasteiger partial charge in [-0.2, -0.15) is 0 Å². The first kappa shape index (κ1) is 27.2. The third kappa shape index (κ3) is 4.10. The molecule has 224 valence electrons. The standard InChI is InChI=1S/C46H28OS/c1-4-15-29(16-5-1)42-32-21-10-12-23-34(32)44(35-24-13-11-22-33(35)42)36-25-14-26-39-45(36)37-28-41-38(27-40(37)47-39)43(30-17-6-2-7-18-30)46(48-41)31-19-8-3-9-20-31/h1-28H. The van der Waals surface area contributed by atoms with Gasteiger partial charge >= 0.3 is 0 Å². The summed E-state index contributed by atoms with van der Waals surface area (Å²) in [7, 11) is 0. The zero-order valence-corrected chi connectivity index (χ0v) is 26.8. The Bertz CT molecular complexity index is 2750. The summed E-state index contributed by atoms with van der Waals surface area (Å²) in [6, 6.07) is 61.2. The van der Waals surface area contributed by atoms with Gasteiger partial charge in [0.05, 0.1) is 0 Å². The van der Waals surface area contributed by atoms with E-state index in [4.69, 9.17) is 4.42 Å². The van der Waals surface area contributed by atoms with Crippen LogP contribution >= 0.6 is 11.3 Å². The highest BCUT2D eigenvalue weighted by Crippen LogP contribution is 2.50. The van der Waals surface area contributed by atoms with Crippen LogP contribution in [0.5, 0.6) is 0 Å². The zero-order valence-electron chi connectivity index (χ0n) is 26.0. The van der Waals surface area contributed by atoms with Gasteiger partial charge in [0, 0.05) is 31.3 Å². The minimum atomic E-state index is 0.907. The first-order valence-electron chi connectivity index (χ1n) is 16.4. The molecule has 48 heavy (non-hydrogen) atoms. The maximum Gasteiger partial charge on any atom is 0.136 e. The van der Waals surface area contributed by atoms with Crippen LogP contribution in [0.1, 0.15) is 0 Å². The molecule has 10 aromatic rings. The summed E-state index contributed by atoms with van der Waals surface area (Å²) in [5.41, 5.74) is 10.5. The molecule has 2 heteroatoms. The first-order valence-corrected chi connectivity index (χ1v) is 17.2. The molecule has 8 aromatic carbocycles. The van der Waals surface area contributed by atoms with Crippen LogP contribution in [0.25, 0.3) is 97.4 Å². The van der Waals surface area contributed by atoms with Crippen molar-refractivity contribution in [1.82, 2.24) is 0 Å². The molecule has 0 atom stereocenters. The third-order valence-electron chi connectivity index (χ3n) is 9.67. The third-order valence-corrected chi connectivity index (χ3v) is 10.9. The summed E-state index contributed by atoms with van der Waals surface area (Å²) in [6.07, 6.45) is 0. The van der Waals surface area contributed by atoms with Crippen molar-refractivity contribution in [3.8, 4) is 43.8 Å². The van der Waals surface area contributed by atoms with E-state index in [1.54, 1.807) is 0 Å². The second kappa shape index (κ2) is 10.8. The second-order valence-corrected chi connectivity index (χ2v) is 13.4. The summed E-state index contributed by atoms with van der Waals surface area (Å²) in [5, 5.41) is 8.52. The van der Waals surface area contributed by atoms with Gasteiger partial charge in [0.2, 0.25) is 0 Å². The number of furan rings is 1. The molecule has 0 saturated heterocycles. The molecule has 0 bridgehead atoms. The fourth-order valence-electron chi connectivity index (χ4n) is 7.64. The average Bonchev–Trinajstić information content (AvgIpc) is 3.71. The fraction of sp³-hybridized carbons (Fsp3) is 0. The van der Waals surface area contributed by atoms with Crippen LogP contribution in [0.4, 0.5) is 0 Å². The van der Waals surface area contributed by atoms with Crippen molar-refractivity contribution in [2.75, 3.05) is 0 Å². The Balaban J connectivity index is 1.30. The fourth-order valence-corrected chi connectivity index (χ4v) is 8.89. The molecule has 0 aliphatic heterocycles. The van der Waals surface area contributed by atoms with E-state index in [0.717, 1.165) is 21.9 Å². The quantitative estimate of drug-likeness (QED) is 0.177. The maximum atomic E-state index is 6.75.